The number of ether oxygens (including phenoxy) is 1. The summed E-state index contributed by atoms with van der Waals surface area (Å²) in [6.07, 6.45) is 13.3. The third kappa shape index (κ3) is 4.27. The van der Waals surface area contributed by atoms with E-state index in [-0.39, 0.29) is 29.4 Å². The van der Waals surface area contributed by atoms with E-state index in [4.69, 9.17) is 4.74 Å². The van der Waals surface area contributed by atoms with Crippen molar-refractivity contribution >= 4 is 17.8 Å². The Kier molecular flexibility index (Phi) is 6.34. The number of likely N-dealkylation sites (tertiary alicyclic amines) is 1. The number of aliphatic hydroxyl groups excluding tert-OH is 1. The molecular formula is C32H41NO4. The molecule has 3 saturated carbocycles. The van der Waals surface area contributed by atoms with E-state index >= 15 is 0 Å². The summed E-state index contributed by atoms with van der Waals surface area (Å²) in [5.74, 6) is 2.63. The molecule has 6 atom stereocenters. The molecule has 5 heteroatoms. The molecule has 1 aromatic carbocycles. The zero-order chi connectivity index (χ0) is 25.8. The van der Waals surface area contributed by atoms with Crippen LogP contribution in [0.5, 0.6) is 5.75 Å². The second kappa shape index (κ2) is 9.41. The van der Waals surface area contributed by atoms with Gasteiger partial charge >= 0.3 is 0 Å². The van der Waals surface area contributed by atoms with Gasteiger partial charge in [0.05, 0.1) is 6.10 Å². The van der Waals surface area contributed by atoms with Gasteiger partial charge in [0.25, 0.3) is 5.91 Å². The number of hydrogen-bond acceptors (Lipinski definition) is 4. The molecule has 1 aliphatic heterocycles. The van der Waals surface area contributed by atoms with Gasteiger partial charge < -0.3 is 14.7 Å². The third-order valence-corrected chi connectivity index (χ3v) is 10.8. The summed E-state index contributed by atoms with van der Waals surface area (Å²) >= 11 is 0. The van der Waals surface area contributed by atoms with Crippen LogP contribution in [0, 0.1) is 28.6 Å². The number of ketones is 1. The van der Waals surface area contributed by atoms with Gasteiger partial charge in [0.15, 0.2) is 12.4 Å². The Balaban J connectivity index is 1.16. The van der Waals surface area contributed by atoms with Crippen LogP contribution in [0.25, 0.3) is 6.08 Å². The zero-order valence-corrected chi connectivity index (χ0v) is 22.4. The molecule has 4 aliphatic carbocycles. The van der Waals surface area contributed by atoms with Crippen LogP contribution in [-0.4, -0.2) is 47.5 Å². The molecule has 0 aromatic heterocycles. The van der Waals surface area contributed by atoms with Gasteiger partial charge in [0, 0.05) is 18.5 Å². The maximum Gasteiger partial charge on any atom is 0.260 e. The van der Waals surface area contributed by atoms with E-state index in [0.717, 1.165) is 82.0 Å². The van der Waals surface area contributed by atoms with E-state index in [9.17, 15) is 14.7 Å². The van der Waals surface area contributed by atoms with E-state index in [1.54, 1.807) is 0 Å². The van der Waals surface area contributed by atoms with Crippen molar-refractivity contribution in [3.8, 4) is 5.75 Å². The molecule has 6 unspecified atom stereocenters. The number of hydrogen-bond donors (Lipinski definition) is 1. The average Bonchev–Trinajstić information content (AvgIpc) is 3.52. The van der Waals surface area contributed by atoms with Crippen LogP contribution in [0.1, 0.15) is 77.2 Å². The number of fused-ring (bicyclic) bond motifs is 5. The minimum atomic E-state index is -0.262. The van der Waals surface area contributed by atoms with E-state index in [1.807, 2.05) is 29.2 Å². The summed E-state index contributed by atoms with van der Waals surface area (Å²) in [6.45, 7) is 6.40. The van der Waals surface area contributed by atoms with Crippen LogP contribution in [0.4, 0.5) is 0 Å². The van der Waals surface area contributed by atoms with Gasteiger partial charge in [-0.1, -0.05) is 37.6 Å². The molecule has 0 bridgehead atoms. The Morgan fingerprint density at radius 3 is 2.54 bits per heavy atom. The highest BCUT2D eigenvalue weighted by molar-refractivity contribution is 6.06. The highest BCUT2D eigenvalue weighted by atomic mass is 16.5. The number of aliphatic hydroxyl groups is 1. The van der Waals surface area contributed by atoms with Crippen molar-refractivity contribution in [2.45, 2.75) is 77.7 Å². The fourth-order valence-electron chi connectivity index (χ4n) is 8.51. The van der Waals surface area contributed by atoms with Crippen LogP contribution in [0.3, 0.4) is 0 Å². The molecule has 4 fully saturated rings. The molecule has 198 valence electrons. The number of benzene rings is 1. The number of Topliss-reactive ketones (excluding diaryl/α,β-unsaturated/α-hetero) is 1. The lowest BCUT2D eigenvalue weighted by Crippen LogP contribution is -2.50. The Hall–Kier alpha value is -2.40. The van der Waals surface area contributed by atoms with Gasteiger partial charge in [-0.2, -0.15) is 0 Å². The van der Waals surface area contributed by atoms with Gasteiger partial charge in [-0.15, -0.1) is 0 Å². The van der Waals surface area contributed by atoms with Crippen molar-refractivity contribution in [3.05, 3.63) is 47.1 Å². The summed E-state index contributed by atoms with van der Waals surface area (Å²) in [6, 6.07) is 7.79. The number of rotatable bonds is 4. The molecular weight excluding hydrogens is 462 g/mol. The van der Waals surface area contributed by atoms with E-state index in [2.05, 4.69) is 26.0 Å². The summed E-state index contributed by atoms with van der Waals surface area (Å²) in [5, 5.41) is 10.3. The molecule has 1 aromatic rings. The molecule has 1 N–H and O–H groups in total. The zero-order valence-electron chi connectivity index (χ0n) is 22.4. The number of allylic oxidation sites excluding steroid dienone is 2. The van der Waals surface area contributed by atoms with Crippen molar-refractivity contribution in [1.82, 2.24) is 4.90 Å². The number of amides is 1. The van der Waals surface area contributed by atoms with Crippen molar-refractivity contribution in [1.29, 1.82) is 0 Å². The number of carbonyl (C=O) groups excluding carboxylic acids is 2. The van der Waals surface area contributed by atoms with Crippen molar-refractivity contribution in [2.24, 2.45) is 28.6 Å². The molecule has 1 saturated heterocycles. The monoisotopic (exact) mass is 503 g/mol. The summed E-state index contributed by atoms with van der Waals surface area (Å²) < 4.78 is 5.74. The van der Waals surface area contributed by atoms with Gasteiger partial charge in [0.1, 0.15) is 5.75 Å². The maximum absolute atomic E-state index is 13.7. The second-order valence-corrected chi connectivity index (χ2v) is 12.8. The lowest BCUT2D eigenvalue weighted by molar-refractivity contribution is -0.132. The highest BCUT2D eigenvalue weighted by Crippen LogP contribution is 2.64. The van der Waals surface area contributed by atoms with Gasteiger partial charge in [-0.25, -0.2) is 0 Å². The van der Waals surface area contributed by atoms with Crippen LogP contribution in [0.2, 0.25) is 0 Å². The Morgan fingerprint density at radius 2 is 1.78 bits per heavy atom. The smallest absolute Gasteiger partial charge is 0.260 e. The van der Waals surface area contributed by atoms with E-state index < -0.39 is 0 Å². The largest absolute Gasteiger partial charge is 0.484 e. The molecule has 5 nitrogen and oxygen atoms in total. The van der Waals surface area contributed by atoms with Crippen molar-refractivity contribution < 1.29 is 19.4 Å². The topological polar surface area (TPSA) is 66.8 Å². The van der Waals surface area contributed by atoms with Gasteiger partial charge in [-0.05, 0) is 110 Å². The van der Waals surface area contributed by atoms with Crippen molar-refractivity contribution in [2.75, 3.05) is 19.7 Å². The van der Waals surface area contributed by atoms with Crippen LogP contribution >= 0.6 is 0 Å². The highest BCUT2D eigenvalue weighted by Gasteiger charge is 2.59. The molecule has 37 heavy (non-hydrogen) atoms. The summed E-state index contributed by atoms with van der Waals surface area (Å²) in [7, 11) is 0. The molecule has 6 rings (SSSR count). The predicted molar refractivity (Wildman–Crippen MR) is 144 cm³/mol. The second-order valence-electron chi connectivity index (χ2n) is 12.8. The summed E-state index contributed by atoms with van der Waals surface area (Å²) in [4.78, 5) is 27.9. The average molecular weight is 504 g/mol. The minimum absolute atomic E-state index is 0.0531. The standard InChI is InChI=1S/C32H41NO4/c1-31-13-11-24(34)19-23(31)7-10-26-27(31)12-14-32(2)28(26)18-22(30(32)36)17-21-5-8-25(9-6-21)37-20-29(35)33-15-3-4-16-33/h5-9,17,24,26-28,34H,3-4,10-16,18-20H2,1-2H3/b22-17+. The van der Waals surface area contributed by atoms with Crippen LogP contribution in [0.15, 0.2) is 41.5 Å². The molecule has 1 heterocycles. The fraction of sp³-hybridized carbons (Fsp3) is 0.625. The predicted octanol–water partition coefficient (Wildman–Crippen LogP) is 5.57. The fourth-order valence-corrected chi connectivity index (χ4v) is 8.51. The van der Waals surface area contributed by atoms with Crippen LogP contribution < -0.4 is 4.74 Å². The molecule has 1 amide bonds. The van der Waals surface area contributed by atoms with Crippen LogP contribution in [-0.2, 0) is 9.59 Å². The first kappa shape index (κ1) is 24.9. The first-order valence-corrected chi connectivity index (χ1v) is 14.4. The Morgan fingerprint density at radius 1 is 1.05 bits per heavy atom. The Labute approximate surface area is 221 Å². The quantitative estimate of drug-likeness (QED) is 0.431. The molecule has 0 radical (unpaired) electrons. The molecule has 5 aliphatic rings. The number of nitrogens with zero attached hydrogens (tertiary/aromatic N) is 1. The first-order chi connectivity index (χ1) is 17.8. The van der Waals surface area contributed by atoms with Gasteiger partial charge in [-0.3, -0.25) is 9.59 Å². The van der Waals surface area contributed by atoms with E-state index in [1.165, 1.54) is 5.57 Å². The molecule has 0 spiro atoms. The first-order valence-electron chi connectivity index (χ1n) is 14.4. The number of carbonyl (C=O) groups is 2. The van der Waals surface area contributed by atoms with Crippen molar-refractivity contribution in [3.63, 3.8) is 0 Å². The minimum Gasteiger partial charge on any atom is -0.484 e. The lowest BCUT2D eigenvalue weighted by atomic mass is 9.48. The normalized spacial score (nSPS) is 38.1. The van der Waals surface area contributed by atoms with Gasteiger partial charge in [0.2, 0.25) is 0 Å². The maximum atomic E-state index is 13.7. The summed E-state index contributed by atoms with van der Waals surface area (Å²) in [5.41, 5.74) is 3.37. The van der Waals surface area contributed by atoms with E-state index in [0.29, 0.717) is 29.3 Å². The lowest BCUT2D eigenvalue weighted by Gasteiger charge is -2.56. The Bertz CT molecular complexity index is 1130. The third-order valence-electron chi connectivity index (χ3n) is 10.8. The SMILES string of the molecule is CC12CCC3C(CC=C4CC(O)CCC43C)C1C/C(=C\c1ccc(OCC(=O)N3CCCC3)cc1)C2=O.